The van der Waals surface area contributed by atoms with Crippen molar-refractivity contribution >= 4 is 17.7 Å². The molecule has 0 aromatic carbocycles. The van der Waals surface area contributed by atoms with Gasteiger partial charge in [-0.2, -0.15) is 11.8 Å². The van der Waals surface area contributed by atoms with Gasteiger partial charge in [-0.3, -0.25) is 4.99 Å². The van der Waals surface area contributed by atoms with Crippen LogP contribution < -0.4 is 10.6 Å². The summed E-state index contributed by atoms with van der Waals surface area (Å²) in [7, 11) is 1.82. The zero-order valence-electron chi connectivity index (χ0n) is 12.5. The molecule has 0 fully saturated rings. The summed E-state index contributed by atoms with van der Waals surface area (Å²) in [5, 5.41) is 6.65. The summed E-state index contributed by atoms with van der Waals surface area (Å²) >= 11 is 1.84. The number of rotatable bonds is 10. The van der Waals surface area contributed by atoms with Crippen LogP contribution in [0.15, 0.2) is 4.99 Å². The molecule has 2 N–H and O–H groups in total. The molecule has 0 rings (SSSR count). The molecule has 0 spiro atoms. The van der Waals surface area contributed by atoms with E-state index >= 15 is 0 Å². The van der Waals surface area contributed by atoms with Crippen molar-refractivity contribution in [2.24, 2.45) is 4.99 Å². The third-order valence-corrected chi connectivity index (χ3v) is 3.52. The minimum atomic E-state index is 0.923. The minimum absolute atomic E-state index is 0.923. The molecule has 0 aliphatic carbocycles. The van der Waals surface area contributed by atoms with E-state index in [-0.39, 0.29) is 0 Å². The Morgan fingerprint density at radius 3 is 2.33 bits per heavy atom. The molecule has 0 bridgehead atoms. The maximum atomic E-state index is 4.20. The lowest BCUT2D eigenvalue weighted by Crippen LogP contribution is -2.39. The predicted octanol–water partition coefficient (Wildman–Crippen LogP) is 1.64. The van der Waals surface area contributed by atoms with Crippen LogP contribution in [0.5, 0.6) is 0 Å². The summed E-state index contributed by atoms with van der Waals surface area (Å²) in [5.41, 5.74) is 0. The summed E-state index contributed by atoms with van der Waals surface area (Å²) in [4.78, 5) is 6.66. The van der Waals surface area contributed by atoms with Gasteiger partial charge in [0, 0.05) is 25.9 Å². The third kappa shape index (κ3) is 9.59. The summed E-state index contributed by atoms with van der Waals surface area (Å²) in [5.74, 6) is 2.04. The van der Waals surface area contributed by atoms with Gasteiger partial charge >= 0.3 is 0 Å². The quantitative estimate of drug-likeness (QED) is 0.361. The fraction of sp³-hybridized carbons (Fsp3) is 0.923. The van der Waals surface area contributed by atoms with E-state index < -0.39 is 0 Å². The van der Waals surface area contributed by atoms with Gasteiger partial charge in [0.1, 0.15) is 0 Å². The van der Waals surface area contributed by atoms with Crippen LogP contribution in [-0.4, -0.2) is 62.6 Å². The van der Waals surface area contributed by atoms with Crippen LogP contribution >= 0.6 is 11.8 Å². The molecule has 0 aliphatic heterocycles. The van der Waals surface area contributed by atoms with Crippen molar-refractivity contribution in [3.05, 3.63) is 0 Å². The molecular formula is C13H30N4S. The minimum Gasteiger partial charge on any atom is -0.356 e. The fourth-order valence-corrected chi connectivity index (χ4v) is 2.01. The van der Waals surface area contributed by atoms with Gasteiger partial charge in [0.25, 0.3) is 0 Å². The topological polar surface area (TPSA) is 39.7 Å². The Morgan fingerprint density at radius 1 is 1.11 bits per heavy atom. The lowest BCUT2D eigenvalue weighted by Gasteiger charge is -2.17. The highest BCUT2D eigenvalue weighted by molar-refractivity contribution is 7.98. The van der Waals surface area contributed by atoms with E-state index in [1.165, 1.54) is 19.4 Å². The molecule has 0 saturated heterocycles. The number of hydrogen-bond donors (Lipinski definition) is 2. The van der Waals surface area contributed by atoms with Crippen LogP contribution in [0, 0.1) is 0 Å². The summed E-state index contributed by atoms with van der Waals surface area (Å²) in [6.45, 7) is 9.93. The number of hydrogen-bond acceptors (Lipinski definition) is 3. The summed E-state index contributed by atoms with van der Waals surface area (Å²) < 4.78 is 0. The van der Waals surface area contributed by atoms with Crippen molar-refractivity contribution in [2.75, 3.05) is 51.8 Å². The Hall–Kier alpha value is -0.420. The maximum Gasteiger partial charge on any atom is 0.191 e. The molecule has 18 heavy (non-hydrogen) atoms. The van der Waals surface area contributed by atoms with Gasteiger partial charge in [-0.15, -0.1) is 0 Å². The van der Waals surface area contributed by atoms with E-state index in [1.54, 1.807) is 0 Å². The van der Waals surface area contributed by atoms with Gasteiger partial charge in [0.05, 0.1) is 0 Å². The second kappa shape index (κ2) is 13.0. The fourth-order valence-electron chi connectivity index (χ4n) is 1.70. The smallest absolute Gasteiger partial charge is 0.191 e. The van der Waals surface area contributed by atoms with Gasteiger partial charge in [-0.25, -0.2) is 0 Å². The third-order valence-electron chi connectivity index (χ3n) is 2.91. The van der Waals surface area contributed by atoms with Crippen LogP contribution in [0.3, 0.4) is 0 Å². The molecule has 0 saturated carbocycles. The van der Waals surface area contributed by atoms with Crippen molar-refractivity contribution in [2.45, 2.75) is 26.7 Å². The highest BCUT2D eigenvalue weighted by Crippen LogP contribution is 1.94. The van der Waals surface area contributed by atoms with Crippen molar-refractivity contribution in [1.82, 2.24) is 15.5 Å². The number of unbranched alkanes of at least 4 members (excludes halogenated alkanes) is 1. The first-order valence-corrected chi connectivity index (χ1v) is 8.33. The van der Waals surface area contributed by atoms with Crippen molar-refractivity contribution in [1.29, 1.82) is 0 Å². The van der Waals surface area contributed by atoms with Crippen LogP contribution in [0.1, 0.15) is 26.7 Å². The molecule has 5 heteroatoms. The van der Waals surface area contributed by atoms with Gasteiger partial charge in [-0.05, 0) is 38.7 Å². The molecule has 0 radical (unpaired) electrons. The van der Waals surface area contributed by atoms with Gasteiger partial charge in [-0.1, -0.05) is 13.8 Å². The molecule has 0 aromatic heterocycles. The number of nitrogens with one attached hydrogen (secondary N) is 2. The van der Waals surface area contributed by atoms with Crippen LogP contribution in [0.2, 0.25) is 0 Å². The Balaban J connectivity index is 3.50. The van der Waals surface area contributed by atoms with E-state index in [1.807, 2.05) is 18.8 Å². The second-order valence-corrected chi connectivity index (χ2v) is 5.14. The first-order valence-electron chi connectivity index (χ1n) is 6.94. The first kappa shape index (κ1) is 17.6. The lowest BCUT2D eigenvalue weighted by molar-refractivity contribution is 0.297. The number of thioether (sulfide) groups is 1. The molecule has 108 valence electrons. The van der Waals surface area contributed by atoms with E-state index in [9.17, 15) is 0 Å². The Labute approximate surface area is 117 Å². The monoisotopic (exact) mass is 274 g/mol. The molecule has 0 aromatic rings. The van der Waals surface area contributed by atoms with E-state index in [2.05, 4.69) is 40.6 Å². The SMILES string of the molecule is CCN(CC)CCCCNC(=NC)NCCSC. The molecule has 4 nitrogen and oxygen atoms in total. The average molecular weight is 274 g/mol. The van der Waals surface area contributed by atoms with Gasteiger partial charge in [0.2, 0.25) is 0 Å². The molecular weight excluding hydrogens is 244 g/mol. The van der Waals surface area contributed by atoms with E-state index in [0.717, 1.165) is 37.9 Å². The summed E-state index contributed by atoms with van der Waals surface area (Å²) in [6.07, 6.45) is 4.56. The van der Waals surface area contributed by atoms with Crippen LogP contribution in [-0.2, 0) is 0 Å². The Morgan fingerprint density at radius 2 is 1.78 bits per heavy atom. The largest absolute Gasteiger partial charge is 0.356 e. The Kier molecular flexibility index (Phi) is 12.7. The van der Waals surface area contributed by atoms with E-state index in [0.29, 0.717) is 0 Å². The second-order valence-electron chi connectivity index (χ2n) is 4.15. The Bertz CT molecular complexity index is 205. The zero-order valence-corrected chi connectivity index (χ0v) is 13.3. The molecule has 0 unspecified atom stereocenters. The molecule has 0 amide bonds. The standard InChI is InChI=1S/C13H30N4S/c1-5-17(6-2)11-8-7-9-15-13(14-3)16-10-12-18-4/h5-12H2,1-4H3,(H2,14,15,16). The van der Waals surface area contributed by atoms with Crippen LogP contribution in [0.25, 0.3) is 0 Å². The van der Waals surface area contributed by atoms with Crippen molar-refractivity contribution < 1.29 is 0 Å². The first-order chi connectivity index (χ1) is 8.78. The highest BCUT2D eigenvalue weighted by Gasteiger charge is 1.99. The normalized spacial score (nSPS) is 11.9. The lowest BCUT2D eigenvalue weighted by atomic mass is 10.3. The van der Waals surface area contributed by atoms with E-state index in [4.69, 9.17) is 0 Å². The highest BCUT2D eigenvalue weighted by atomic mass is 32.2. The number of aliphatic imine (C=N–C) groups is 1. The predicted molar refractivity (Wildman–Crippen MR) is 84.8 cm³/mol. The molecule has 0 atom stereocenters. The average Bonchev–Trinajstić information content (AvgIpc) is 2.41. The number of guanidine groups is 1. The van der Waals surface area contributed by atoms with Crippen LogP contribution in [0.4, 0.5) is 0 Å². The van der Waals surface area contributed by atoms with Gasteiger partial charge in [0.15, 0.2) is 5.96 Å². The maximum absolute atomic E-state index is 4.20. The molecule has 0 heterocycles. The summed E-state index contributed by atoms with van der Waals surface area (Å²) in [6, 6.07) is 0. The van der Waals surface area contributed by atoms with Gasteiger partial charge < -0.3 is 15.5 Å². The zero-order chi connectivity index (χ0) is 13.6. The van der Waals surface area contributed by atoms with Crippen molar-refractivity contribution in [3.8, 4) is 0 Å². The van der Waals surface area contributed by atoms with Crippen molar-refractivity contribution in [3.63, 3.8) is 0 Å². The number of nitrogens with zero attached hydrogens (tertiary/aromatic N) is 2. The molecule has 0 aliphatic rings.